The molecule has 0 saturated heterocycles. The van der Waals surface area contributed by atoms with Crippen molar-refractivity contribution >= 4 is 43.2 Å². The second kappa shape index (κ2) is 6.31. The van der Waals surface area contributed by atoms with Crippen molar-refractivity contribution in [3.63, 3.8) is 0 Å². The molecule has 0 heterocycles. The van der Waals surface area contributed by atoms with Gasteiger partial charge in [0.05, 0.1) is 22.2 Å². The van der Waals surface area contributed by atoms with Gasteiger partial charge in [-0.25, -0.2) is 12.8 Å². The molecule has 0 aliphatic rings. The standard InChI is InChI=1S/C13H10BrClFNO3S/c14-10-5-9(16)6-11(15)13(10)17-21(19,20)12-4-2-1-3-8(12)7-18/h1-6,17-18H,7H2. The molecular formula is C13H10BrClFNO3S. The number of hydrogen-bond donors (Lipinski definition) is 2. The molecule has 4 nitrogen and oxygen atoms in total. The number of rotatable bonds is 4. The molecule has 0 amide bonds. The average Bonchev–Trinajstić information content (AvgIpc) is 2.43. The monoisotopic (exact) mass is 393 g/mol. The van der Waals surface area contributed by atoms with Crippen LogP contribution in [-0.4, -0.2) is 13.5 Å². The van der Waals surface area contributed by atoms with Crippen molar-refractivity contribution in [2.75, 3.05) is 4.72 Å². The Morgan fingerprint density at radius 2 is 1.95 bits per heavy atom. The number of benzene rings is 2. The Morgan fingerprint density at radius 1 is 1.29 bits per heavy atom. The van der Waals surface area contributed by atoms with Crippen LogP contribution in [0, 0.1) is 5.82 Å². The van der Waals surface area contributed by atoms with Gasteiger partial charge in [0, 0.05) is 4.47 Å². The van der Waals surface area contributed by atoms with Gasteiger partial charge < -0.3 is 5.11 Å². The molecule has 0 aliphatic carbocycles. The van der Waals surface area contributed by atoms with Crippen LogP contribution in [0.1, 0.15) is 5.56 Å². The van der Waals surface area contributed by atoms with Gasteiger partial charge in [-0.1, -0.05) is 29.8 Å². The highest BCUT2D eigenvalue weighted by molar-refractivity contribution is 9.10. The number of aliphatic hydroxyl groups is 1. The highest BCUT2D eigenvalue weighted by Crippen LogP contribution is 2.33. The van der Waals surface area contributed by atoms with Crippen molar-refractivity contribution < 1.29 is 17.9 Å². The molecule has 0 aromatic heterocycles. The Bertz CT molecular complexity index is 760. The van der Waals surface area contributed by atoms with Gasteiger partial charge in [0.2, 0.25) is 0 Å². The van der Waals surface area contributed by atoms with Crippen LogP contribution in [0.25, 0.3) is 0 Å². The van der Waals surface area contributed by atoms with Crippen molar-refractivity contribution in [2.24, 2.45) is 0 Å². The number of halogens is 3. The first-order chi connectivity index (χ1) is 9.85. The molecule has 2 N–H and O–H groups in total. The lowest BCUT2D eigenvalue weighted by atomic mass is 10.2. The Hall–Kier alpha value is -1.15. The Balaban J connectivity index is 2.48. The van der Waals surface area contributed by atoms with Gasteiger partial charge in [-0.15, -0.1) is 0 Å². The number of nitrogens with one attached hydrogen (secondary N) is 1. The minimum Gasteiger partial charge on any atom is -0.392 e. The van der Waals surface area contributed by atoms with E-state index >= 15 is 0 Å². The molecule has 0 unspecified atom stereocenters. The first-order valence-corrected chi connectivity index (χ1v) is 8.36. The lowest BCUT2D eigenvalue weighted by Gasteiger charge is -2.13. The minimum atomic E-state index is -3.96. The summed E-state index contributed by atoms with van der Waals surface area (Å²) in [5.41, 5.74) is 0.283. The van der Waals surface area contributed by atoms with Crippen molar-refractivity contribution in [3.05, 3.63) is 57.3 Å². The van der Waals surface area contributed by atoms with Gasteiger partial charge in [0.15, 0.2) is 0 Å². The first-order valence-electron chi connectivity index (χ1n) is 5.71. The van der Waals surface area contributed by atoms with E-state index in [4.69, 9.17) is 11.6 Å². The van der Waals surface area contributed by atoms with Crippen molar-refractivity contribution in [1.29, 1.82) is 0 Å². The maximum atomic E-state index is 13.2. The van der Waals surface area contributed by atoms with E-state index in [0.717, 1.165) is 12.1 Å². The molecule has 2 aromatic carbocycles. The average molecular weight is 395 g/mol. The third kappa shape index (κ3) is 3.55. The predicted octanol–water partition coefficient (Wildman–Crippen LogP) is 3.53. The second-order valence-corrected chi connectivity index (χ2v) is 7.03. The predicted molar refractivity (Wildman–Crippen MR) is 82.3 cm³/mol. The summed E-state index contributed by atoms with van der Waals surface area (Å²) < 4.78 is 40.4. The molecule has 0 bridgehead atoms. The normalized spacial score (nSPS) is 11.4. The lowest BCUT2D eigenvalue weighted by molar-refractivity contribution is 0.278. The summed E-state index contributed by atoms with van der Waals surface area (Å²) >= 11 is 8.91. The van der Waals surface area contributed by atoms with Crippen LogP contribution in [0.4, 0.5) is 10.1 Å². The second-order valence-electron chi connectivity index (χ2n) is 4.12. The molecule has 0 fully saturated rings. The zero-order valence-corrected chi connectivity index (χ0v) is 13.6. The molecule has 0 radical (unpaired) electrons. The highest BCUT2D eigenvalue weighted by atomic mass is 79.9. The SMILES string of the molecule is O=S(=O)(Nc1c(Cl)cc(F)cc1Br)c1ccccc1CO. The zero-order valence-electron chi connectivity index (χ0n) is 10.5. The number of hydrogen-bond acceptors (Lipinski definition) is 3. The molecule has 2 aromatic rings. The highest BCUT2D eigenvalue weighted by Gasteiger charge is 2.20. The molecule has 112 valence electrons. The molecule has 8 heteroatoms. The summed E-state index contributed by atoms with van der Waals surface area (Å²) in [5.74, 6) is -0.592. The van der Waals surface area contributed by atoms with Crippen molar-refractivity contribution in [1.82, 2.24) is 0 Å². The maximum Gasteiger partial charge on any atom is 0.262 e. The van der Waals surface area contributed by atoms with Crippen molar-refractivity contribution in [3.8, 4) is 0 Å². The van der Waals surface area contributed by atoms with Crippen LogP contribution in [0.2, 0.25) is 5.02 Å². The molecule has 0 spiro atoms. The van der Waals surface area contributed by atoms with Gasteiger partial charge in [-0.2, -0.15) is 0 Å². The fraction of sp³-hybridized carbons (Fsp3) is 0.0769. The summed E-state index contributed by atoms with van der Waals surface area (Å²) in [5, 5.41) is 9.14. The fourth-order valence-corrected chi connectivity index (χ4v) is 4.15. The van der Waals surface area contributed by atoms with E-state index in [-0.39, 0.29) is 25.6 Å². The third-order valence-electron chi connectivity index (χ3n) is 2.68. The van der Waals surface area contributed by atoms with Crippen LogP contribution >= 0.6 is 27.5 Å². The van der Waals surface area contributed by atoms with E-state index in [1.54, 1.807) is 6.07 Å². The van der Waals surface area contributed by atoms with Crippen LogP contribution in [0.15, 0.2) is 45.8 Å². The third-order valence-corrected chi connectivity index (χ3v) is 5.05. The minimum absolute atomic E-state index is 0.0332. The lowest BCUT2D eigenvalue weighted by Crippen LogP contribution is -2.15. The zero-order chi connectivity index (χ0) is 15.6. The van der Waals surface area contributed by atoms with Gasteiger partial charge in [-0.05, 0) is 39.7 Å². The largest absolute Gasteiger partial charge is 0.392 e. The van der Waals surface area contributed by atoms with E-state index in [1.807, 2.05) is 0 Å². The van der Waals surface area contributed by atoms with E-state index in [0.29, 0.717) is 0 Å². The summed E-state index contributed by atoms with van der Waals surface area (Å²) in [6, 6.07) is 8.11. The quantitative estimate of drug-likeness (QED) is 0.833. The summed E-state index contributed by atoms with van der Waals surface area (Å²) in [4.78, 5) is -0.0696. The number of sulfonamides is 1. The molecule has 0 saturated carbocycles. The summed E-state index contributed by atoms with van der Waals surface area (Å²) in [6.07, 6.45) is 0. The summed E-state index contributed by atoms with van der Waals surface area (Å²) in [7, 11) is -3.96. The molecular weight excluding hydrogens is 385 g/mol. The van der Waals surface area contributed by atoms with E-state index < -0.39 is 22.4 Å². The molecule has 0 aliphatic heterocycles. The van der Waals surface area contributed by atoms with E-state index in [9.17, 15) is 17.9 Å². The molecule has 21 heavy (non-hydrogen) atoms. The van der Waals surface area contributed by atoms with Crippen LogP contribution in [0.3, 0.4) is 0 Å². The van der Waals surface area contributed by atoms with Gasteiger partial charge in [0.25, 0.3) is 10.0 Å². The van der Waals surface area contributed by atoms with Gasteiger partial charge in [0.1, 0.15) is 5.82 Å². The van der Waals surface area contributed by atoms with Crippen LogP contribution in [0.5, 0.6) is 0 Å². The number of aliphatic hydroxyl groups excluding tert-OH is 1. The van der Waals surface area contributed by atoms with E-state index in [1.165, 1.54) is 18.2 Å². The fourth-order valence-electron chi connectivity index (χ4n) is 1.73. The van der Waals surface area contributed by atoms with E-state index in [2.05, 4.69) is 20.7 Å². The topological polar surface area (TPSA) is 66.4 Å². The maximum absolute atomic E-state index is 13.2. The van der Waals surface area contributed by atoms with Crippen LogP contribution in [-0.2, 0) is 16.6 Å². The van der Waals surface area contributed by atoms with Crippen molar-refractivity contribution in [2.45, 2.75) is 11.5 Å². The summed E-state index contributed by atoms with van der Waals surface area (Å²) in [6.45, 7) is -0.421. The Morgan fingerprint density at radius 3 is 2.57 bits per heavy atom. The van der Waals surface area contributed by atoms with Gasteiger partial charge >= 0.3 is 0 Å². The Kier molecular flexibility index (Phi) is 4.88. The van der Waals surface area contributed by atoms with Crippen LogP contribution < -0.4 is 4.72 Å². The first kappa shape index (κ1) is 16.2. The molecule has 0 atom stereocenters. The smallest absolute Gasteiger partial charge is 0.262 e. The number of anilines is 1. The van der Waals surface area contributed by atoms with Gasteiger partial charge in [-0.3, -0.25) is 4.72 Å². The Labute approximate surface area is 134 Å². The molecule has 2 rings (SSSR count).